The summed E-state index contributed by atoms with van der Waals surface area (Å²) in [6, 6.07) is 16.5. The number of amides is 1. The molecule has 0 fully saturated rings. The molecule has 1 amide bonds. The number of carbonyl (C=O) groups is 2. The van der Waals surface area contributed by atoms with Crippen molar-refractivity contribution in [3.05, 3.63) is 100 Å². The average Bonchev–Trinajstić information content (AvgIpc) is 3.33. The van der Waals surface area contributed by atoms with Gasteiger partial charge in [-0.15, -0.1) is 0 Å². The smallest absolute Gasteiger partial charge is 0.269 e. The van der Waals surface area contributed by atoms with Crippen LogP contribution in [-0.4, -0.2) is 16.6 Å². The highest BCUT2D eigenvalue weighted by Crippen LogP contribution is 2.48. The summed E-state index contributed by atoms with van der Waals surface area (Å²) in [5.41, 5.74) is 2.43. The minimum absolute atomic E-state index is 0.0652. The number of para-hydroxylation sites is 2. The molecule has 8 heteroatoms. The maximum Gasteiger partial charge on any atom is 0.269 e. The van der Waals surface area contributed by atoms with Crippen molar-refractivity contribution in [1.29, 1.82) is 0 Å². The number of ketones is 1. The SMILES string of the molecule is CCC(=O)N1c2ccccc2NC2=CC(c3ccco3)CC(=O)C2C1c1cccc([N+](=O)[O-])c1. The first-order valence-corrected chi connectivity index (χ1v) is 11.2. The first kappa shape index (κ1) is 21.6. The Balaban J connectivity index is 1.74. The third-order valence-corrected chi connectivity index (χ3v) is 6.42. The van der Waals surface area contributed by atoms with E-state index in [0.29, 0.717) is 28.4 Å². The van der Waals surface area contributed by atoms with Crippen LogP contribution in [0.4, 0.5) is 17.1 Å². The maximum atomic E-state index is 13.7. The van der Waals surface area contributed by atoms with Crippen molar-refractivity contribution < 1.29 is 18.9 Å². The second-order valence-corrected chi connectivity index (χ2v) is 8.45. The molecule has 3 aromatic rings. The van der Waals surface area contributed by atoms with Crippen LogP contribution in [-0.2, 0) is 9.59 Å². The van der Waals surface area contributed by atoms with E-state index in [0.717, 1.165) is 0 Å². The van der Waals surface area contributed by atoms with Crippen molar-refractivity contribution in [2.45, 2.75) is 31.7 Å². The van der Waals surface area contributed by atoms with Crippen molar-refractivity contribution in [2.75, 3.05) is 10.2 Å². The number of nitrogens with zero attached hydrogens (tertiary/aromatic N) is 2. The molecule has 172 valence electrons. The molecule has 3 unspecified atom stereocenters. The number of furan rings is 1. The van der Waals surface area contributed by atoms with E-state index in [4.69, 9.17) is 4.42 Å². The summed E-state index contributed by atoms with van der Waals surface area (Å²) in [6.07, 6.45) is 3.98. The number of rotatable bonds is 4. The molecule has 3 atom stereocenters. The molecule has 8 nitrogen and oxygen atoms in total. The topological polar surface area (TPSA) is 106 Å². The zero-order valence-electron chi connectivity index (χ0n) is 18.5. The number of non-ortho nitro benzene ring substituents is 1. The zero-order chi connectivity index (χ0) is 23.8. The van der Waals surface area contributed by atoms with Crippen LogP contribution in [0.2, 0.25) is 0 Å². The Labute approximate surface area is 196 Å². The van der Waals surface area contributed by atoms with Gasteiger partial charge in [-0.25, -0.2) is 0 Å². The minimum Gasteiger partial charge on any atom is -0.469 e. The van der Waals surface area contributed by atoms with Crippen molar-refractivity contribution in [2.24, 2.45) is 5.92 Å². The third-order valence-electron chi connectivity index (χ3n) is 6.42. The highest BCUT2D eigenvalue weighted by Gasteiger charge is 2.45. The number of nitro groups is 1. The van der Waals surface area contributed by atoms with Crippen LogP contribution in [0.1, 0.15) is 43.0 Å². The number of anilines is 2. The molecule has 1 aromatic heterocycles. The molecule has 1 aliphatic carbocycles. The number of nitrogens with one attached hydrogen (secondary N) is 1. The Hall–Kier alpha value is -4.20. The molecule has 0 spiro atoms. The predicted molar refractivity (Wildman–Crippen MR) is 126 cm³/mol. The van der Waals surface area contributed by atoms with E-state index in [2.05, 4.69) is 5.32 Å². The van der Waals surface area contributed by atoms with Crippen LogP contribution >= 0.6 is 0 Å². The number of hydrogen-bond donors (Lipinski definition) is 1. The number of benzene rings is 2. The summed E-state index contributed by atoms with van der Waals surface area (Å²) in [6.45, 7) is 1.76. The van der Waals surface area contributed by atoms with E-state index in [9.17, 15) is 19.7 Å². The standard InChI is InChI=1S/C26H23N3O5/c1-2-24(31)28-21-10-4-3-9-19(21)27-20-14-17(23-11-6-12-34-23)15-22(30)25(20)26(28)16-7-5-8-18(13-16)29(32)33/h3-14,17,25-27H,2,15H2,1H3. The molecule has 34 heavy (non-hydrogen) atoms. The maximum absolute atomic E-state index is 13.7. The van der Waals surface area contributed by atoms with Gasteiger partial charge in [-0.1, -0.05) is 37.3 Å². The number of nitro benzene ring substituents is 1. The van der Waals surface area contributed by atoms with Gasteiger partial charge in [0.1, 0.15) is 11.5 Å². The van der Waals surface area contributed by atoms with E-state index in [1.165, 1.54) is 12.1 Å². The molecule has 2 heterocycles. The lowest BCUT2D eigenvalue weighted by Crippen LogP contribution is -2.42. The van der Waals surface area contributed by atoms with Crippen molar-refractivity contribution in [3.63, 3.8) is 0 Å². The van der Waals surface area contributed by atoms with Gasteiger partial charge in [-0.05, 0) is 29.8 Å². The predicted octanol–water partition coefficient (Wildman–Crippen LogP) is 5.35. The molecule has 1 aliphatic heterocycles. The second kappa shape index (κ2) is 8.62. The lowest BCUT2D eigenvalue weighted by Gasteiger charge is -2.37. The summed E-state index contributed by atoms with van der Waals surface area (Å²) in [4.78, 5) is 39.7. The largest absolute Gasteiger partial charge is 0.469 e. The highest BCUT2D eigenvalue weighted by atomic mass is 16.6. The number of Topliss-reactive ketones (excluding diaryl/α,β-unsaturated/α-hetero) is 1. The third kappa shape index (κ3) is 3.67. The Morgan fingerprint density at radius 1 is 1.18 bits per heavy atom. The average molecular weight is 457 g/mol. The van der Waals surface area contributed by atoms with E-state index < -0.39 is 16.9 Å². The molecule has 0 radical (unpaired) electrons. The zero-order valence-corrected chi connectivity index (χ0v) is 18.5. The Bertz CT molecular complexity index is 1300. The van der Waals surface area contributed by atoms with Crippen LogP contribution in [0, 0.1) is 16.0 Å². The van der Waals surface area contributed by atoms with Gasteiger partial charge >= 0.3 is 0 Å². The lowest BCUT2D eigenvalue weighted by atomic mass is 9.77. The van der Waals surface area contributed by atoms with Crippen molar-refractivity contribution in [3.8, 4) is 0 Å². The molecule has 1 N–H and O–H groups in total. The van der Waals surface area contributed by atoms with Crippen LogP contribution in [0.15, 0.2) is 83.1 Å². The van der Waals surface area contributed by atoms with Crippen molar-refractivity contribution in [1.82, 2.24) is 0 Å². The molecule has 0 bridgehead atoms. The molecule has 2 aliphatic rings. The molecule has 2 aromatic carbocycles. The first-order valence-electron chi connectivity index (χ1n) is 11.2. The van der Waals surface area contributed by atoms with E-state index in [1.54, 1.807) is 36.3 Å². The van der Waals surface area contributed by atoms with Gasteiger partial charge in [0.05, 0.1) is 34.5 Å². The molecule has 5 rings (SSSR count). The van der Waals surface area contributed by atoms with Crippen LogP contribution in [0.5, 0.6) is 0 Å². The van der Waals surface area contributed by atoms with Gasteiger partial charge < -0.3 is 14.6 Å². The van der Waals surface area contributed by atoms with E-state index in [-0.39, 0.29) is 36.1 Å². The van der Waals surface area contributed by atoms with E-state index >= 15 is 0 Å². The quantitative estimate of drug-likeness (QED) is 0.418. The summed E-state index contributed by atoms with van der Waals surface area (Å²) in [7, 11) is 0. The van der Waals surface area contributed by atoms with Gasteiger partial charge in [0, 0.05) is 36.6 Å². The number of fused-ring (bicyclic) bond motifs is 2. The monoisotopic (exact) mass is 457 g/mol. The fraction of sp³-hybridized carbons (Fsp3) is 0.231. The number of hydrogen-bond acceptors (Lipinski definition) is 6. The summed E-state index contributed by atoms with van der Waals surface area (Å²) in [5, 5.41) is 14.9. The first-order chi connectivity index (χ1) is 16.5. The van der Waals surface area contributed by atoms with Gasteiger partial charge in [-0.3, -0.25) is 19.7 Å². The Morgan fingerprint density at radius 3 is 2.74 bits per heavy atom. The van der Waals surface area contributed by atoms with E-state index in [1.807, 2.05) is 36.4 Å². The highest BCUT2D eigenvalue weighted by molar-refractivity contribution is 6.01. The molecule has 0 saturated carbocycles. The van der Waals surface area contributed by atoms with Crippen molar-refractivity contribution >= 4 is 28.8 Å². The Morgan fingerprint density at radius 2 is 2.00 bits per heavy atom. The molecular weight excluding hydrogens is 434 g/mol. The van der Waals surface area contributed by atoms with Crippen LogP contribution in [0.25, 0.3) is 0 Å². The fourth-order valence-corrected chi connectivity index (χ4v) is 4.91. The summed E-state index contributed by atoms with van der Waals surface area (Å²) in [5.74, 6) is -0.506. The Kier molecular flexibility index (Phi) is 5.49. The number of allylic oxidation sites excluding steroid dienone is 1. The number of carbonyl (C=O) groups excluding carboxylic acids is 2. The van der Waals surface area contributed by atoms with Gasteiger partial charge in [0.2, 0.25) is 5.91 Å². The lowest BCUT2D eigenvalue weighted by molar-refractivity contribution is -0.384. The van der Waals surface area contributed by atoms with Crippen LogP contribution in [0.3, 0.4) is 0 Å². The second-order valence-electron chi connectivity index (χ2n) is 8.45. The summed E-state index contributed by atoms with van der Waals surface area (Å²) >= 11 is 0. The van der Waals surface area contributed by atoms with Gasteiger partial charge in [0.15, 0.2) is 0 Å². The van der Waals surface area contributed by atoms with Gasteiger partial charge in [0.25, 0.3) is 5.69 Å². The normalized spacial score (nSPS) is 21.6. The summed E-state index contributed by atoms with van der Waals surface area (Å²) < 4.78 is 5.57. The molecule has 0 saturated heterocycles. The minimum atomic E-state index is -0.736. The van der Waals surface area contributed by atoms with Crippen LogP contribution < -0.4 is 10.2 Å². The van der Waals surface area contributed by atoms with Gasteiger partial charge in [-0.2, -0.15) is 0 Å². The molecular formula is C26H23N3O5. The fourth-order valence-electron chi connectivity index (χ4n) is 4.91.